The lowest BCUT2D eigenvalue weighted by molar-refractivity contribution is 0.102. The van der Waals surface area contributed by atoms with Crippen LogP contribution in [0.4, 0.5) is 0 Å². The summed E-state index contributed by atoms with van der Waals surface area (Å²) in [4.78, 5) is 15.4. The zero-order valence-corrected chi connectivity index (χ0v) is 10.8. The third kappa shape index (κ3) is 3.77. The maximum absolute atomic E-state index is 11.6. The highest BCUT2D eigenvalue weighted by Crippen LogP contribution is 2.12. The van der Waals surface area contributed by atoms with Crippen LogP contribution in [0.15, 0.2) is 11.1 Å². The topological polar surface area (TPSA) is 44.1 Å². The summed E-state index contributed by atoms with van der Waals surface area (Å²) in [7, 11) is 0. The van der Waals surface area contributed by atoms with Crippen molar-refractivity contribution in [1.82, 2.24) is 9.55 Å². The number of ether oxygens (including phenoxy) is 1. The highest BCUT2D eigenvalue weighted by atomic mass is 35.5. The molecule has 0 unspecified atom stereocenters. The molecule has 1 aromatic rings. The van der Waals surface area contributed by atoms with Gasteiger partial charge in [0.05, 0.1) is 19.5 Å². The molecule has 1 rings (SSSR count). The van der Waals surface area contributed by atoms with E-state index < -0.39 is 0 Å². The van der Waals surface area contributed by atoms with Crippen molar-refractivity contribution < 1.29 is 4.74 Å². The van der Waals surface area contributed by atoms with Gasteiger partial charge in [0.2, 0.25) is 0 Å². The molecule has 0 N–H and O–H groups in total. The van der Waals surface area contributed by atoms with Crippen molar-refractivity contribution in [2.75, 3.05) is 13.2 Å². The molecule has 1 aromatic heterocycles. The Morgan fingerprint density at radius 3 is 2.81 bits per heavy atom. The average molecular weight is 265 g/mol. The van der Waals surface area contributed by atoms with Gasteiger partial charge in [-0.15, -0.1) is 0 Å². The molecular formula is C10H14Cl2N2O2. The third-order valence-electron chi connectivity index (χ3n) is 1.87. The summed E-state index contributed by atoms with van der Waals surface area (Å²) >= 11 is 11.3. The molecule has 0 aliphatic rings. The average Bonchev–Trinajstić information content (AvgIpc) is 2.23. The van der Waals surface area contributed by atoms with Crippen molar-refractivity contribution in [3.8, 4) is 0 Å². The summed E-state index contributed by atoms with van der Waals surface area (Å²) in [5.74, 6) is 0.476. The van der Waals surface area contributed by atoms with E-state index in [-0.39, 0.29) is 15.7 Å². The van der Waals surface area contributed by atoms with Gasteiger partial charge in [0, 0.05) is 6.61 Å². The molecule has 0 saturated carbocycles. The van der Waals surface area contributed by atoms with Crippen molar-refractivity contribution in [3.05, 3.63) is 26.9 Å². The Kier molecular flexibility index (Phi) is 5.25. The Morgan fingerprint density at radius 2 is 2.19 bits per heavy atom. The molecule has 0 saturated heterocycles. The van der Waals surface area contributed by atoms with Crippen LogP contribution in [0.2, 0.25) is 10.2 Å². The van der Waals surface area contributed by atoms with Gasteiger partial charge in [-0.2, -0.15) is 0 Å². The van der Waals surface area contributed by atoms with Gasteiger partial charge < -0.3 is 4.74 Å². The molecule has 0 aliphatic carbocycles. The van der Waals surface area contributed by atoms with Crippen LogP contribution in [0.5, 0.6) is 0 Å². The molecule has 0 atom stereocenters. The number of hydrogen-bond donors (Lipinski definition) is 0. The van der Waals surface area contributed by atoms with E-state index in [2.05, 4.69) is 18.8 Å². The molecule has 1 heterocycles. The van der Waals surface area contributed by atoms with Crippen LogP contribution in [0.3, 0.4) is 0 Å². The Hall–Kier alpha value is -0.580. The van der Waals surface area contributed by atoms with Crippen LogP contribution in [0, 0.1) is 5.92 Å². The molecule has 0 aromatic carbocycles. The van der Waals surface area contributed by atoms with Crippen molar-refractivity contribution in [2.45, 2.75) is 20.4 Å². The molecule has 16 heavy (non-hydrogen) atoms. The van der Waals surface area contributed by atoms with Gasteiger partial charge in [-0.3, -0.25) is 9.36 Å². The Balaban J connectivity index is 2.55. The quantitative estimate of drug-likeness (QED) is 0.605. The predicted octanol–water partition coefficient (Wildman–Crippen LogP) is 2.22. The monoisotopic (exact) mass is 264 g/mol. The van der Waals surface area contributed by atoms with Crippen LogP contribution in [0.1, 0.15) is 13.8 Å². The molecule has 0 aliphatic heterocycles. The van der Waals surface area contributed by atoms with E-state index in [1.807, 2.05) is 0 Å². The van der Waals surface area contributed by atoms with Gasteiger partial charge in [-0.1, -0.05) is 37.0 Å². The molecule has 0 amide bonds. The second-order valence-corrected chi connectivity index (χ2v) is 4.55. The van der Waals surface area contributed by atoms with Crippen LogP contribution >= 0.6 is 23.2 Å². The van der Waals surface area contributed by atoms with Gasteiger partial charge in [-0.25, -0.2) is 4.98 Å². The highest BCUT2D eigenvalue weighted by Gasteiger charge is 2.06. The zero-order chi connectivity index (χ0) is 12.1. The molecule has 0 bridgehead atoms. The molecule has 4 nitrogen and oxygen atoms in total. The lowest BCUT2D eigenvalue weighted by atomic mass is 10.2. The van der Waals surface area contributed by atoms with Gasteiger partial charge in [0.15, 0.2) is 5.15 Å². The lowest BCUT2D eigenvalue weighted by Gasteiger charge is -2.08. The van der Waals surface area contributed by atoms with Crippen LogP contribution < -0.4 is 5.56 Å². The summed E-state index contributed by atoms with van der Waals surface area (Å²) in [6, 6.07) is 0. The number of nitrogens with zero attached hydrogens (tertiary/aromatic N) is 2. The van der Waals surface area contributed by atoms with E-state index in [9.17, 15) is 4.79 Å². The fraction of sp³-hybridized carbons (Fsp3) is 0.600. The zero-order valence-electron chi connectivity index (χ0n) is 9.24. The van der Waals surface area contributed by atoms with E-state index in [1.54, 1.807) is 0 Å². The third-order valence-corrected chi connectivity index (χ3v) is 2.59. The summed E-state index contributed by atoms with van der Waals surface area (Å²) < 4.78 is 6.74. The molecule has 6 heteroatoms. The second-order valence-electron chi connectivity index (χ2n) is 3.82. The maximum Gasteiger partial charge on any atom is 0.273 e. The van der Waals surface area contributed by atoms with Crippen LogP contribution in [-0.2, 0) is 11.3 Å². The fourth-order valence-electron chi connectivity index (χ4n) is 1.09. The minimum Gasteiger partial charge on any atom is -0.379 e. The van der Waals surface area contributed by atoms with Crippen molar-refractivity contribution >= 4 is 23.2 Å². The molecule has 0 fully saturated rings. The Morgan fingerprint density at radius 1 is 1.50 bits per heavy atom. The lowest BCUT2D eigenvalue weighted by Crippen LogP contribution is -2.23. The Labute approximate surface area is 104 Å². The number of hydrogen-bond acceptors (Lipinski definition) is 3. The Bertz CT molecular complexity index is 404. The SMILES string of the molecule is CC(C)COCCn1cnc(Cl)c(Cl)c1=O. The fourth-order valence-corrected chi connectivity index (χ4v) is 1.37. The first-order valence-electron chi connectivity index (χ1n) is 5.00. The van der Waals surface area contributed by atoms with E-state index in [0.717, 1.165) is 0 Å². The van der Waals surface area contributed by atoms with Crippen LogP contribution in [0.25, 0.3) is 0 Å². The van der Waals surface area contributed by atoms with E-state index in [0.29, 0.717) is 25.7 Å². The second kappa shape index (κ2) is 6.23. The molecule has 90 valence electrons. The molecule has 0 spiro atoms. The first-order valence-corrected chi connectivity index (χ1v) is 5.76. The molecular weight excluding hydrogens is 251 g/mol. The van der Waals surface area contributed by atoms with Crippen molar-refractivity contribution in [1.29, 1.82) is 0 Å². The standard InChI is InChI=1S/C10H14Cl2N2O2/c1-7(2)5-16-4-3-14-6-13-9(12)8(11)10(14)15/h6-7H,3-5H2,1-2H3. The minimum absolute atomic E-state index is 0.0333. The summed E-state index contributed by atoms with van der Waals surface area (Å²) in [6.45, 7) is 5.68. The van der Waals surface area contributed by atoms with Gasteiger partial charge in [-0.05, 0) is 5.92 Å². The molecule has 0 radical (unpaired) electrons. The highest BCUT2D eigenvalue weighted by molar-refractivity contribution is 6.40. The van der Waals surface area contributed by atoms with E-state index in [1.165, 1.54) is 10.9 Å². The smallest absolute Gasteiger partial charge is 0.273 e. The number of rotatable bonds is 5. The summed E-state index contributed by atoms with van der Waals surface area (Å²) in [5.41, 5.74) is -0.338. The largest absolute Gasteiger partial charge is 0.379 e. The first kappa shape index (κ1) is 13.5. The van der Waals surface area contributed by atoms with Crippen molar-refractivity contribution in [2.24, 2.45) is 5.92 Å². The summed E-state index contributed by atoms with van der Waals surface area (Å²) in [6.07, 6.45) is 1.37. The maximum atomic E-state index is 11.6. The predicted molar refractivity (Wildman–Crippen MR) is 64.2 cm³/mol. The number of halogens is 2. The number of aromatic nitrogens is 2. The van der Waals surface area contributed by atoms with Crippen molar-refractivity contribution in [3.63, 3.8) is 0 Å². The van der Waals surface area contributed by atoms with Gasteiger partial charge in [0.25, 0.3) is 5.56 Å². The van der Waals surface area contributed by atoms with Gasteiger partial charge >= 0.3 is 0 Å². The van der Waals surface area contributed by atoms with Gasteiger partial charge in [0.1, 0.15) is 5.02 Å². The normalized spacial score (nSPS) is 11.1. The first-order chi connectivity index (χ1) is 7.52. The van der Waals surface area contributed by atoms with E-state index in [4.69, 9.17) is 27.9 Å². The van der Waals surface area contributed by atoms with Crippen LogP contribution in [-0.4, -0.2) is 22.8 Å². The minimum atomic E-state index is -0.338. The van der Waals surface area contributed by atoms with E-state index >= 15 is 0 Å². The summed E-state index contributed by atoms with van der Waals surface area (Å²) in [5, 5.41) is -0.0148.